The van der Waals surface area contributed by atoms with Crippen LogP contribution in [0.5, 0.6) is 11.5 Å². The minimum atomic E-state index is -0.356. The van der Waals surface area contributed by atoms with E-state index in [0.29, 0.717) is 17.2 Å². The number of ether oxygens (including phenoxy) is 1. The van der Waals surface area contributed by atoms with E-state index in [9.17, 15) is 9.90 Å². The number of hydrogen-bond acceptors (Lipinski definition) is 5. The summed E-state index contributed by atoms with van der Waals surface area (Å²) >= 11 is 0. The van der Waals surface area contributed by atoms with Crippen LogP contribution in [0.2, 0.25) is 0 Å². The number of carbonyl (C=O) groups is 1. The van der Waals surface area contributed by atoms with E-state index in [-0.39, 0.29) is 17.2 Å². The Bertz CT molecular complexity index is 718. The van der Waals surface area contributed by atoms with Gasteiger partial charge in [-0.15, -0.1) is 10.2 Å². The molecule has 2 aromatic carbocycles. The summed E-state index contributed by atoms with van der Waals surface area (Å²) in [6, 6.07) is 16.4. The van der Waals surface area contributed by atoms with Crippen LogP contribution in [0.1, 0.15) is 13.8 Å². The van der Waals surface area contributed by atoms with Crippen LogP contribution in [0, 0.1) is 0 Å². The predicted octanol–water partition coefficient (Wildman–Crippen LogP) is 4.94. The van der Waals surface area contributed by atoms with Gasteiger partial charge in [-0.1, -0.05) is 30.3 Å². The largest absolute Gasteiger partial charge is 0.510 e. The highest BCUT2D eigenvalue weighted by atomic mass is 16.5. The fourth-order valence-electron chi connectivity index (χ4n) is 1.74. The van der Waals surface area contributed by atoms with Crippen molar-refractivity contribution in [3.05, 3.63) is 66.1 Å². The van der Waals surface area contributed by atoms with Crippen molar-refractivity contribution in [2.45, 2.75) is 13.8 Å². The molecule has 5 nitrogen and oxygen atoms in total. The fraction of sp³-hybridized carbons (Fsp3) is 0.118. The first kappa shape index (κ1) is 15.4. The van der Waals surface area contributed by atoms with Crippen molar-refractivity contribution in [1.29, 1.82) is 0 Å². The van der Waals surface area contributed by atoms with Gasteiger partial charge in [0, 0.05) is 6.92 Å². The smallest absolute Gasteiger partial charge is 0.183 e. The minimum Gasteiger partial charge on any atom is -0.510 e. The monoisotopic (exact) mass is 296 g/mol. The number of para-hydroxylation sites is 2. The van der Waals surface area contributed by atoms with Gasteiger partial charge in [0.15, 0.2) is 17.2 Å². The number of benzene rings is 2. The maximum Gasteiger partial charge on any atom is 0.183 e. The van der Waals surface area contributed by atoms with Crippen LogP contribution in [0.3, 0.4) is 0 Å². The second kappa shape index (κ2) is 7.17. The van der Waals surface area contributed by atoms with Crippen LogP contribution in [0.25, 0.3) is 0 Å². The first-order valence-electron chi connectivity index (χ1n) is 6.72. The first-order valence-corrected chi connectivity index (χ1v) is 6.72. The average Bonchev–Trinajstić information content (AvgIpc) is 2.49. The molecule has 0 aliphatic heterocycles. The second-order valence-electron chi connectivity index (χ2n) is 4.57. The zero-order valence-corrected chi connectivity index (χ0v) is 12.4. The summed E-state index contributed by atoms with van der Waals surface area (Å²) in [6.07, 6.45) is 0. The third kappa shape index (κ3) is 4.02. The normalized spacial score (nSPS) is 12.1. The van der Waals surface area contributed by atoms with Crippen molar-refractivity contribution in [1.82, 2.24) is 0 Å². The first-order chi connectivity index (χ1) is 10.6. The Morgan fingerprint density at radius 1 is 1.00 bits per heavy atom. The zero-order valence-electron chi connectivity index (χ0n) is 12.4. The van der Waals surface area contributed by atoms with Crippen LogP contribution in [0.4, 0.5) is 5.69 Å². The van der Waals surface area contributed by atoms with E-state index >= 15 is 0 Å². The van der Waals surface area contributed by atoms with Crippen molar-refractivity contribution >= 4 is 11.5 Å². The molecule has 0 amide bonds. The van der Waals surface area contributed by atoms with Gasteiger partial charge < -0.3 is 9.84 Å². The molecule has 0 saturated heterocycles. The van der Waals surface area contributed by atoms with Crippen LogP contribution in [-0.4, -0.2) is 10.9 Å². The maximum atomic E-state index is 11.4. The Balaban J connectivity index is 2.29. The number of Topliss-reactive ketones (excluding diaryl/α,β-unsaturated/α-hetero) is 1. The van der Waals surface area contributed by atoms with Crippen LogP contribution < -0.4 is 4.74 Å². The molecule has 22 heavy (non-hydrogen) atoms. The highest BCUT2D eigenvalue weighted by Gasteiger charge is 2.08. The lowest BCUT2D eigenvalue weighted by atomic mass is 10.3. The molecule has 0 aliphatic carbocycles. The Labute approximate surface area is 128 Å². The van der Waals surface area contributed by atoms with Crippen molar-refractivity contribution in [3.63, 3.8) is 0 Å². The Morgan fingerprint density at radius 3 is 2.27 bits per heavy atom. The molecule has 5 heteroatoms. The molecule has 0 aliphatic rings. The molecule has 0 heterocycles. The molecule has 112 valence electrons. The van der Waals surface area contributed by atoms with Gasteiger partial charge in [-0.3, -0.25) is 4.79 Å². The van der Waals surface area contributed by atoms with E-state index < -0.39 is 0 Å². The van der Waals surface area contributed by atoms with Crippen LogP contribution >= 0.6 is 0 Å². The van der Waals surface area contributed by atoms with Crippen molar-refractivity contribution in [2.24, 2.45) is 10.2 Å². The third-order valence-corrected chi connectivity index (χ3v) is 2.77. The summed E-state index contributed by atoms with van der Waals surface area (Å²) in [7, 11) is 0. The number of ketones is 1. The van der Waals surface area contributed by atoms with E-state index in [1.807, 2.05) is 36.4 Å². The SMILES string of the molecule is CC(=O)/C(N=Nc1ccccc1Oc1ccccc1)=C(/C)O. The number of azo groups is 1. The van der Waals surface area contributed by atoms with E-state index in [4.69, 9.17) is 4.74 Å². The predicted molar refractivity (Wildman–Crippen MR) is 83.5 cm³/mol. The number of hydrogen-bond donors (Lipinski definition) is 1. The van der Waals surface area contributed by atoms with Gasteiger partial charge in [0.2, 0.25) is 0 Å². The van der Waals surface area contributed by atoms with E-state index in [1.165, 1.54) is 13.8 Å². The number of aliphatic hydroxyl groups excluding tert-OH is 1. The van der Waals surface area contributed by atoms with Crippen molar-refractivity contribution in [3.8, 4) is 11.5 Å². The van der Waals surface area contributed by atoms with Gasteiger partial charge >= 0.3 is 0 Å². The van der Waals surface area contributed by atoms with Gasteiger partial charge in [0.25, 0.3) is 0 Å². The molecule has 0 fully saturated rings. The molecule has 0 atom stereocenters. The summed E-state index contributed by atoms with van der Waals surface area (Å²) in [5.41, 5.74) is 0.390. The highest BCUT2D eigenvalue weighted by molar-refractivity contribution is 5.93. The van der Waals surface area contributed by atoms with Crippen molar-refractivity contribution in [2.75, 3.05) is 0 Å². The standard InChI is InChI=1S/C17H16N2O3/c1-12(20)17(13(2)21)19-18-15-10-6-7-11-16(15)22-14-8-4-3-5-9-14/h3-11,20H,1-2H3/b17-12+,19-18?. The molecular weight excluding hydrogens is 280 g/mol. The van der Waals surface area contributed by atoms with Gasteiger partial charge in [-0.25, -0.2) is 0 Å². The molecule has 2 aromatic rings. The second-order valence-corrected chi connectivity index (χ2v) is 4.57. The molecule has 0 bridgehead atoms. The Hall–Kier alpha value is -2.95. The number of allylic oxidation sites excluding steroid dienone is 2. The van der Waals surface area contributed by atoms with Gasteiger partial charge in [-0.2, -0.15) is 0 Å². The molecule has 0 unspecified atom stereocenters. The summed E-state index contributed by atoms with van der Waals surface area (Å²) < 4.78 is 5.75. The molecular formula is C17H16N2O3. The Kier molecular flexibility index (Phi) is 5.03. The van der Waals surface area contributed by atoms with Crippen molar-refractivity contribution < 1.29 is 14.6 Å². The molecule has 0 spiro atoms. The average molecular weight is 296 g/mol. The van der Waals surface area contributed by atoms with E-state index in [0.717, 1.165) is 0 Å². The molecule has 0 aromatic heterocycles. The van der Waals surface area contributed by atoms with E-state index in [2.05, 4.69) is 10.2 Å². The van der Waals surface area contributed by atoms with Gasteiger partial charge in [-0.05, 0) is 31.2 Å². The molecule has 2 rings (SSSR count). The van der Waals surface area contributed by atoms with Crippen LogP contribution in [-0.2, 0) is 4.79 Å². The maximum absolute atomic E-state index is 11.4. The van der Waals surface area contributed by atoms with Gasteiger partial charge in [0.05, 0.1) is 0 Å². The molecule has 0 radical (unpaired) electrons. The quantitative estimate of drug-likeness (QED) is 0.482. The zero-order chi connectivity index (χ0) is 15.9. The summed E-state index contributed by atoms with van der Waals surface area (Å²) in [4.78, 5) is 11.4. The molecule has 0 saturated carbocycles. The topological polar surface area (TPSA) is 71.2 Å². The molecule has 1 N–H and O–H groups in total. The highest BCUT2D eigenvalue weighted by Crippen LogP contribution is 2.32. The van der Waals surface area contributed by atoms with Crippen LogP contribution in [0.15, 0.2) is 76.3 Å². The summed E-state index contributed by atoms with van der Waals surface area (Å²) in [6.45, 7) is 2.71. The Morgan fingerprint density at radius 2 is 1.64 bits per heavy atom. The number of aliphatic hydroxyl groups is 1. The lowest BCUT2D eigenvalue weighted by Crippen LogP contribution is -1.96. The third-order valence-electron chi connectivity index (χ3n) is 2.77. The summed E-state index contributed by atoms with van der Waals surface area (Å²) in [5.74, 6) is 0.657. The number of rotatable bonds is 5. The fourth-order valence-corrected chi connectivity index (χ4v) is 1.74. The van der Waals surface area contributed by atoms with E-state index in [1.54, 1.807) is 18.2 Å². The summed E-state index contributed by atoms with van der Waals surface area (Å²) in [5, 5.41) is 17.3. The lowest BCUT2D eigenvalue weighted by molar-refractivity contribution is -0.113. The number of nitrogens with zero attached hydrogens (tertiary/aromatic N) is 2. The number of carbonyl (C=O) groups excluding carboxylic acids is 1. The van der Waals surface area contributed by atoms with Gasteiger partial charge in [0.1, 0.15) is 17.2 Å². The minimum absolute atomic E-state index is 0.0745. The lowest BCUT2D eigenvalue weighted by Gasteiger charge is -2.07.